The van der Waals surface area contributed by atoms with E-state index in [-0.39, 0.29) is 0 Å². The highest BCUT2D eigenvalue weighted by molar-refractivity contribution is 6.07. The number of benzene rings is 2. The van der Waals surface area contributed by atoms with Gasteiger partial charge in [0.25, 0.3) is 0 Å². The van der Waals surface area contributed by atoms with Crippen LogP contribution in [0, 0.1) is 11.6 Å². The molecule has 0 saturated carbocycles. The highest BCUT2D eigenvalue weighted by Crippen LogP contribution is 2.57. The molecule has 0 saturated heterocycles. The van der Waals surface area contributed by atoms with Crippen molar-refractivity contribution in [1.29, 1.82) is 0 Å². The topological polar surface area (TPSA) is 37.3 Å². The second-order valence-corrected chi connectivity index (χ2v) is 6.50. The normalized spacial score (nSPS) is 24.0. The summed E-state index contributed by atoms with van der Waals surface area (Å²) in [6.07, 6.45) is -2.67. The zero-order valence-corrected chi connectivity index (χ0v) is 14.2. The highest BCUT2D eigenvalue weighted by atomic mass is 19.3. The number of fused-ring (bicyclic) bond motifs is 2. The Balaban J connectivity index is 0.000000171. The van der Waals surface area contributed by atoms with E-state index in [0.717, 1.165) is 0 Å². The summed E-state index contributed by atoms with van der Waals surface area (Å²) in [4.78, 5) is 10.9. The molecule has 2 aromatic carbocycles. The van der Waals surface area contributed by atoms with Crippen molar-refractivity contribution < 1.29 is 53.8 Å². The standard InChI is InChI=1S/C9H5F5O.C9H3F5O/c2*10-4-1-2-6-5(3-4)7(15)9(13,14)8(6,11)12/h1-3,7,15H;1-3H. The summed E-state index contributed by atoms with van der Waals surface area (Å²) in [5.74, 6) is -22.4. The van der Waals surface area contributed by atoms with Crippen LogP contribution < -0.4 is 0 Å². The fourth-order valence-corrected chi connectivity index (χ4v) is 3.05. The molecule has 4 rings (SSSR count). The summed E-state index contributed by atoms with van der Waals surface area (Å²) in [5, 5.41) is 8.97. The smallest absolute Gasteiger partial charge is 0.376 e. The zero-order valence-electron chi connectivity index (χ0n) is 14.2. The number of alkyl halides is 8. The van der Waals surface area contributed by atoms with E-state index in [1.54, 1.807) is 0 Å². The fraction of sp³-hybridized carbons (Fsp3) is 0.278. The summed E-state index contributed by atoms with van der Waals surface area (Å²) in [5.41, 5.74) is -3.87. The number of Topliss-reactive ketones (excluding diaryl/α,β-unsaturated/α-hetero) is 1. The second-order valence-electron chi connectivity index (χ2n) is 6.50. The molecule has 1 atom stereocenters. The molecule has 0 aromatic heterocycles. The van der Waals surface area contributed by atoms with Crippen LogP contribution in [0.25, 0.3) is 0 Å². The second kappa shape index (κ2) is 6.43. The summed E-state index contributed by atoms with van der Waals surface area (Å²) < 4.78 is 129. The summed E-state index contributed by atoms with van der Waals surface area (Å²) in [6, 6.07) is 3.22. The molecule has 0 aliphatic heterocycles. The van der Waals surface area contributed by atoms with Gasteiger partial charge in [-0.05, 0) is 42.0 Å². The van der Waals surface area contributed by atoms with Crippen molar-refractivity contribution >= 4 is 5.78 Å². The van der Waals surface area contributed by atoms with Crippen molar-refractivity contribution in [3.63, 3.8) is 0 Å². The van der Waals surface area contributed by atoms with Gasteiger partial charge in [0.1, 0.15) is 17.7 Å². The SMILES string of the molecule is O=C1c2cc(F)ccc2C(F)(F)C1(F)F.OC1c2cc(F)ccc2C(F)(F)C1(F)F. The minimum Gasteiger partial charge on any atom is -0.382 e. The van der Waals surface area contributed by atoms with E-state index in [4.69, 9.17) is 5.11 Å². The number of aliphatic hydroxyl groups is 1. The van der Waals surface area contributed by atoms with Crippen LogP contribution >= 0.6 is 0 Å². The lowest BCUT2D eigenvalue weighted by Crippen LogP contribution is -2.37. The van der Waals surface area contributed by atoms with Gasteiger partial charge in [-0.3, -0.25) is 4.79 Å². The number of carbonyl (C=O) groups excluding carboxylic acids is 1. The third-order valence-electron chi connectivity index (χ3n) is 4.65. The van der Waals surface area contributed by atoms with Crippen molar-refractivity contribution in [2.45, 2.75) is 29.8 Å². The number of hydrogen-bond donors (Lipinski definition) is 1. The predicted molar refractivity (Wildman–Crippen MR) is 79.8 cm³/mol. The molecule has 0 radical (unpaired) electrons. The van der Waals surface area contributed by atoms with E-state index in [9.17, 15) is 48.7 Å². The van der Waals surface area contributed by atoms with Crippen LogP contribution in [0.3, 0.4) is 0 Å². The van der Waals surface area contributed by atoms with Crippen LogP contribution in [0.1, 0.15) is 33.2 Å². The van der Waals surface area contributed by atoms with Gasteiger partial charge in [-0.25, -0.2) is 8.78 Å². The largest absolute Gasteiger partial charge is 0.382 e. The van der Waals surface area contributed by atoms with Crippen LogP contribution in [0.5, 0.6) is 0 Å². The average molecular weight is 446 g/mol. The molecule has 2 nitrogen and oxygen atoms in total. The molecular formula is C18H8F10O2. The molecule has 12 heteroatoms. The Bertz CT molecular complexity index is 1030. The average Bonchev–Trinajstić information content (AvgIpc) is 2.86. The predicted octanol–water partition coefficient (Wildman–Crippen LogP) is 5.35. The molecule has 162 valence electrons. The maximum absolute atomic E-state index is 13.1. The van der Waals surface area contributed by atoms with E-state index in [1.807, 2.05) is 0 Å². The Morgan fingerprint density at radius 3 is 1.77 bits per heavy atom. The van der Waals surface area contributed by atoms with Crippen LogP contribution in [-0.4, -0.2) is 22.7 Å². The van der Waals surface area contributed by atoms with Crippen LogP contribution in [0.15, 0.2) is 36.4 Å². The fourth-order valence-electron chi connectivity index (χ4n) is 3.05. The van der Waals surface area contributed by atoms with E-state index in [1.165, 1.54) is 0 Å². The molecule has 2 aromatic rings. The molecule has 30 heavy (non-hydrogen) atoms. The number of aliphatic hydroxyl groups excluding tert-OH is 1. The summed E-state index contributed by atoms with van der Waals surface area (Å²) in [6.45, 7) is 0. The third kappa shape index (κ3) is 2.80. The van der Waals surface area contributed by atoms with Gasteiger partial charge < -0.3 is 5.11 Å². The van der Waals surface area contributed by atoms with Gasteiger partial charge >= 0.3 is 23.7 Å². The Morgan fingerprint density at radius 1 is 0.700 bits per heavy atom. The minimum absolute atomic E-state index is 0.395. The van der Waals surface area contributed by atoms with Gasteiger partial charge in [-0.1, -0.05) is 0 Å². The molecular weight excluding hydrogens is 438 g/mol. The number of carbonyl (C=O) groups is 1. The van der Waals surface area contributed by atoms with E-state index < -0.39 is 69.5 Å². The Hall–Kier alpha value is -2.63. The molecule has 0 spiro atoms. The molecule has 0 fully saturated rings. The molecule has 1 unspecified atom stereocenters. The lowest BCUT2D eigenvalue weighted by atomic mass is 10.1. The molecule has 2 aliphatic carbocycles. The van der Waals surface area contributed by atoms with Crippen molar-refractivity contribution in [1.82, 2.24) is 0 Å². The van der Waals surface area contributed by atoms with Crippen LogP contribution in [0.2, 0.25) is 0 Å². The third-order valence-corrected chi connectivity index (χ3v) is 4.65. The quantitative estimate of drug-likeness (QED) is 0.555. The lowest BCUT2D eigenvalue weighted by molar-refractivity contribution is -0.246. The number of halogens is 10. The monoisotopic (exact) mass is 446 g/mol. The lowest BCUT2D eigenvalue weighted by Gasteiger charge is -2.20. The van der Waals surface area contributed by atoms with E-state index in [2.05, 4.69) is 0 Å². The number of ketones is 1. The van der Waals surface area contributed by atoms with Crippen molar-refractivity contribution in [3.8, 4) is 0 Å². The van der Waals surface area contributed by atoms with Gasteiger partial charge in [-0.15, -0.1) is 0 Å². The first-order chi connectivity index (χ1) is 13.6. The maximum atomic E-state index is 13.1. The maximum Gasteiger partial charge on any atom is 0.376 e. The number of hydrogen-bond acceptors (Lipinski definition) is 2. The first-order valence-corrected chi connectivity index (χ1v) is 7.91. The van der Waals surface area contributed by atoms with Gasteiger partial charge in [0, 0.05) is 16.7 Å². The Labute approximate surface area is 160 Å². The first-order valence-electron chi connectivity index (χ1n) is 7.91. The van der Waals surface area contributed by atoms with Gasteiger partial charge in [-0.2, -0.15) is 35.1 Å². The molecule has 0 heterocycles. The van der Waals surface area contributed by atoms with E-state index in [0.29, 0.717) is 36.4 Å². The minimum atomic E-state index is -4.79. The van der Waals surface area contributed by atoms with Gasteiger partial charge in [0.05, 0.1) is 0 Å². The van der Waals surface area contributed by atoms with Gasteiger partial charge in [0.15, 0.2) is 0 Å². The van der Waals surface area contributed by atoms with E-state index >= 15 is 0 Å². The highest BCUT2D eigenvalue weighted by Gasteiger charge is 2.69. The molecule has 2 aliphatic rings. The van der Waals surface area contributed by atoms with Crippen molar-refractivity contribution in [3.05, 3.63) is 70.3 Å². The van der Waals surface area contributed by atoms with Crippen molar-refractivity contribution in [2.75, 3.05) is 0 Å². The molecule has 0 bridgehead atoms. The van der Waals surface area contributed by atoms with Gasteiger partial charge in [0.2, 0.25) is 5.78 Å². The summed E-state index contributed by atoms with van der Waals surface area (Å²) in [7, 11) is 0. The zero-order chi connectivity index (χ0) is 22.9. The summed E-state index contributed by atoms with van der Waals surface area (Å²) >= 11 is 0. The first kappa shape index (κ1) is 22.1. The molecule has 1 N–H and O–H groups in total. The number of rotatable bonds is 0. The van der Waals surface area contributed by atoms with Crippen LogP contribution in [-0.2, 0) is 11.8 Å². The van der Waals surface area contributed by atoms with Crippen molar-refractivity contribution in [2.24, 2.45) is 0 Å². The van der Waals surface area contributed by atoms with Crippen LogP contribution in [0.4, 0.5) is 43.9 Å². The Morgan fingerprint density at radius 2 is 1.20 bits per heavy atom. The molecule has 0 amide bonds. The Kier molecular flexibility index (Phi) is 4.73.